The van der Waals surface area contributed by atoms with E-state index in [0.717, 1.165) is 6.42 Å². The van der Waals surface area contributed by atoms with Crippen LogP contribution in [0.15, 0.2) is 0 Å². The van der Waals surface area contributed by atoms with E-state index in [9.17, 15) is 9.59 Å². The number of hydrogen-bond acceptors (Lipinski definition) is 3. The molecule has 90 valence electrons. The number of carboxylic acid groups (broad SMARTS) is 1. The summed E-state index contributed by atoms with van der Waals surface area (Å²) in [6, 6.07) is 0.0915. The molecule has 1 aliphatic carbocycles. The summed E-state index contributed by atoms with van der Waals surface area (Å²) in [6.45, 7) is 0.699. The maximum absolute atomic E-state index is 11.5. The molecule has 2 fully saturated rings. The number of rotatable bonds is 5. The van der Waals surface area contributed by atoms with Gasteiger partial charge >= 0.3 is 5.97 Å². The molecule has 16 heavy (non-hydrogen) atoms. The lowest BCUT2D eigenvalue weighted by atomic mass is 10.1. The zero-order valence-corrected chi connectivity index (χ0v) is 9.15. The Labute approximate surface area is 94.2 Å². The molecule has 2 N–H and O–H groups in total. The Morgan fingerprint density at radius 1 is 1.25 bits per heavy atom. The second kappa shape index (κ2) is 4.82. The van der Waals surface area contributed by atoms with Gasteiger partial charge in [-0.15, -0.1) is 0 Å². The van der Waals surface area contributed by atoms with Crippen molar-refractivity contribution < 1.29 is 19.4 Å². The van der Waals surface area contributed by atoms with Crippen molar-refractivity contribution in [2.24, 2.45) is 5.92 Å². The molecule has 1 amide bonds. The first-order valence-electron chi connectivity index (χ1n) is 5.79. The molecule has 2 unspecified atom stereocenters. The number of ether oxygens (including phenoxy) is 1. The van der Waals surface area contributed by atoms with Crippen LogP contribution < -0.4 is 5.32 Å². The van der Waals surface area contributed by atoms with Gasteiger partial charge in [0, 0.05) is 13.0 Å². The number of carbonyl (C=O) groups is 2. The Bertz CT molecular complexity index is 288. The highest BCUT2D eigenvalue weighted by molar-refractivity contribution is 5.80. The molecule has 0 aromatic heterocycles. The molecule has 0 spiro atoms. The van der Waals surface area contributed by atoms with Gasteiger partial charge in [-0.25, -0.2) is 0 Å². The molecule has 0 aromatic rings. The van der Waals surface area contributed by atoms with Crippen LogP contribution in [0.3, 0.4) is 0 Å². The predicted octanol–water partition coefficient (Wildman–Crippen LogP) is 0.535. The van der Waals surface area contributed by atoms with Gasteiger partial charge in [-0.3, -0.25) is 9.59 Å². The fourth-order valence-corrected chi connectivity index (χ4v) is 2.15. The summed E-state index contributed by atoms with van der Waals surface area (Å²) in [4.78, 5) is 21.8. The summed E-state index contributed by atoms with van der Waals surface area (Å²) < 4.78 is 5.58. The summed E-state index contributed by atoms with van der Waals surface area (Å²) in [5.41, 5.74) is 0. The minimum absolute atomic E-state index is 0.0587. The Morgan fingerprint density at radius 3 is 2.62 bits per heavy atom. The Balaban J connectivity index is 1.75. The van der Waals surface area contributed by atoms with Gasteiger partial charge in [0.1, 0.15) is 0 Å². The van der Waals surface area contributed by atoms with Crippen LogP contribution in [0.4, 0.5) is 0 Å². The molecular weight excluding hydrogens is 210 g/mol. The topological polar surface area (TPSA) is 75.6 Å². The van der Waals surface area contributed by atoms with E-state index in [-0.39, 0.29) is 30.9 Å². The first-order valence-corrected chi connectivity index (χ1v) is 5.79. The smallest absolute Gasteiger partial charge is 0.303 e. The molecule has 2 atom stereocenters. The van der Waals surface area contributed by atoms with Crippen molar-refractivity contribution in [3.05, 3.63) is 0 Å². The first kappa shape index (κ1) is 11.4. The van der Waals surface area contributed by atoms with E-state index >= 15 is 0 Å². The van der Waals surface area contributed by atoms with Crippen molar-refractivity contribution in [1.82, 2.24) is 5.32 Å². The van der Waals surface area contributed by atoms with Gasteiger partial charge in [0.2, 0.25) is 5.91 Å². The first-order chi connectivity index (χ1) is 7.66. The highest BCUT2D eigenvalue weighted by atomic mass is 16.5. The third-order valence-electron chi connectivity index (χ3n) is 3.13. The fourth-order valence-electron chi connectivity index (χ4n) is 2.15. The van der Waals surface area contributed by atoms with Crippen LogP contribution in [0.25, 0.3) is 0 Å². The van der Waals surface area contributed by atoms with E-state index in [1.54, 1.807) is 0 Å². The van der Waals surface area contributed by atoms with E-state index in [4.69, 9.17) is 9.84 Å². The van der Waals surface area contributed by atoms with E-state index < -0.39 is 5.97 Å². The molecule has 0 radical (unpaired) electrons. The Hall–Kier alpha value is -1.10. The van der Waals surface area contributed by atoms with Crippen molar-refractivity contribution in [3.63, 3.8) is 0 Å². The molecular formula is C11H17NO4. The molecule has 1 heterocycles. The van der Waals surface area contributed by atoms with E-state index in [1.807, 2.05) is 0 Å². The molecule has 0 bridgehead atoms. The van der Waals surface area contributed by atoms with Crippen LogP contribution in [0, 0.1) is 5.92 Å². The molecule has 5 heteroatoms. The SMILES string of the molecule is O=C(O)CCC(=O)NC1CCOC1C1CC1. The zero-order valence-electron chi connectivity index (χ0n) is 9.15. The average Bonchev–Trinajstić information content (AvgIpc) is 2.97. The third kappa shape index (κ3) is 2.95. The van der Waals surface area contributed by atoms with Gasteiger partial charge in [0.25, 0.3) is 0 Å². The fraction of sp³-hybridized carbons (Fsp3) is 0.818. The van der Waals surface area contributed by atoms with Crippen LogP contribution in [-0.2, 0) is 14.3 Å². The minimum Gasteiger partial charge on any atom is -0.481 e. The van der Waals surface area contributed by atoms with E-state index in [2.05, 4.69) is 5.32 Å². The maximum Gasteiger partial charge on any atom is 0.303 e. The number of carbonyl (C=O) groups excluding carboxylic acids is 1. The molecule has 1 aliphatic heterocycles. The number of nitrogens with one attached hydrogen (secondary N) is 1. The summed E-state index contributed by atoms with van der Waals surface area (Å²) in [5.74, 6) is -0.507. The van der Waals surface area contributed by atoms with Gasteiger partial charge in [-0.1, -0.05) is 0 Å². The highest BCUT2D eigenvalue weighted by Crippen LogP contribution is 2.38. The summed E-state index contributed by atoms with van der Waals surface area (Å²) in [7, 11) is 0. The molecule has 2 aliphatic rings. The lowest BCUT2D eigenvalue weighted by molar-refractivity contribution is -0.139. The largest absolute Gasteiger partial charge is 0.481 e. The second-order valence-electron chi connectivity index (χ2n) is 4.53. The summed E-state index contributed by atoms with van der Waals surface area (Å²) in [6.07, 6.45) is 3.34. The normalized spacial score (nSPS) is 29.0. The van der Waals surface area contributed by atoms with Crippen LogP contribution in [0.2, 0.25) is 0 Å². The van der Waals surface area contributed by atoms with E-state index in [1.165, 1.54) is 12.8 Å². The van der Waals surface area contributed by atoms with Crippen LogP contribution >= 0.6 is 0 Å². The second-order valence-corrected chi connectivity index (χ2v) is 4.53. The lowest BCUT2D eigenvalue weighted by Gasteiger charge is -2.19. The minimum atomic E-state index is -0.934. The summed E-state index contributed by atoms with van der Waals surface area (Å²) in [5, 5.41) is 11.3. The molecule has 2 rings (SSSR count). The van der Waals surface area contributed by atoms with Crippen LogP contribution in [0.5, 0.6) is 0 Å². The van der Waals surface area contributed by atoms with Gasteiger partial charge < -0.3 is 15.2 Å². The molecule has 0 aromatic carbocycles. The summed E-state index contributed by atoms with van der Waals surface area (Å²) >= 11 is 0. The molecule has 1 saturated carbocycles. The van der Waals surface area contributed by atoms with Gasteiger partial charge in [-0.05, 0) is 25.2 Å². The number of hydrogen-bond donors (Lipinski definition) is 2. The van der Waals surface area contributed by atoms with Gasteiger partial charge in [0.05, 0.1) is 18.6 Å². The van der Waals surface area contributed by atoms with Crippen molar-refractivity contribution in [1.29, 1.82) is 0 Å². The quantitative estimate of drug-likeness (QED) is 0.718. The monoisotopic (exact) mass is 227 g/mol. The third-order valence-corrected chi connectivity index (χ3v) is 3.13. The maximum atomic E-state index is 11.5. The Kier molecular flexibility index (Phi) is 3.43. The lowest BCUT2D eigenvalue weighted by Crippen LogP contribution is -2.41. The number of aliphatic carboxylic acids is 1. The highest BCUT2D eigenvalue weighted by Gasteiger charge is 2.41. The van der Waals surface area contributed by atoms with Gasteiger partial charge in [-0.2, -0.15) is 0 Å². The zero-order chi connectivity index (χ0) is 11.5. The molecule has 1 saturated heterocycles. The van der Waals surface area contributed by atoms with Crippen LogP contribution in [-0.4, -0.2) is 35.7 Å². The van der Waals surface area contributed by atoms with Crippen molar-refractivity contribution >= 4 is 11.9 Å². The van der Waals surface area contributed by atoms with Crippen molar-refractivity contribution in [2.75, 3.05) is 6.61 Å². The van der Waals surface area contributed by atoms with E-state index in [0.29, 0.717) is 12.5 Å². The van der Waals surface area contributed by atoms with Crippen molar-refractivity contribution in [2.45, 2.75) is 44.2 Å². The standard InChI is InChI=1S/C11H17NO4/c13-9(3-4-10(14)15)12-8-5-6-16-11(8)7-1-2-7/h7-8,11H,1-6H2,(H,12,13)(H,14,15). The Morgan fingerprint density at radius 2 is 2.00 bits per heavy atom. The number of carboxylic acids is 1. The van der Waals surface area contributed by atoms with Gasteiger partial charge in [0.15, 0.2) is 0 Å². The average molecular weight is 227 g/mol. The number of amides is 1. The van der Waals surface area contributed by atoms with Crippen molar-refractivity contribution in [3.8, 4) is 0 Å². The predicted molar refractivity (Wildman–Crippen MR) is 55.9 cm³/mol. The van der Waals surface area contributed by atoms with Crippen LogP contribution in [0.1, 0.15) is 32.1 Å². The molecule has 5 nitrogen and oxygen atoms in total.